The van der Waals surface area contributed by atoms with E-state index in [2.05, 4.69) is 26.1 Å². The first-order valence-corrected chi connectivity index (χ1v) is 6.45. The molecule has 2 aromatic rings. The Morgan fingerprint density at radius 1 is 1.53 bits per heavy atom. The monoisotopic (exact) mass is 315 g/mol. The first-order chi connectivity index (χ1) is 8.13. The predicted molar refractivity (Wildman–Crippen MR) is 70.4 cm³/mol. The predicted octanol–water partition coefficient (Wildman–Crippen LogP) is 3.78. The van der Waals surface area contributed by atoms with Gasteiger partial charge in [0, 0.05) is 10.9 Å². The second kappa shape index (κ2) is 5.10. The molecule has 0 aliphatic rings. The van der Waals surface area contributed by atoms with Crippen LogP contribution in [-0.2, 0) is 6.42 Å². The van der Waals surface area contributed by atoms with Crippen molar-refractivity contribution in [1.82, 2.24) is 14.8 Å². The Kier molecular flexibility index (Phi) is 3.73. The Bertz CT molecular complexity index is 591. The van der Waals surface area contributed by atoms with Crippen LogP contribution in [0.5, 0.6) is 0 Å². The number of rotatable bonds is 3. The minimum Gasteiger partial charge on any atom is -0.269 e. The van der Waals surface area contributed by atoms with Crippen LogP contribution in [0.2, 0.25) is 0 Å². The lowest BCUT2D eigenvalue weighted by molar-refractivity contribution is 0.612. The maximum atomic E-state index is 13.9. The third-order valence-electron chi connectivity index (χ3n) is 2.37. The Morgan fingerprint density at radius 2 is 2.29 bits per heavy atom. The lowest BCUT2D eigenvalue weighted by Gasteiger charge is -2.07. The molecule has 1 N–H and O–H groups in total. The normalized spacial score (nSPS) is 10.8. The van der Waals surface area contributed by atoms with Crippen molar-refractivity contribution in [3.05, 3.63) is 39.1 Å². The molecule has 6 heteroatoms. The van der Waals surface area contributed by atoms with E-state index in [-0.39, 0.29) is 5.82 Å². The molecule has 1 aromatic carbocycles. The van der Waals surface area contributed by atoms with Gasteiger partial charge in [-0.05, 0) is 36.8 Å². The van der Waals surface area contributed by atoms with Crippen molar-refractivity contribution < 1.29 is 4.39 Å². The zero-order valence-electron chi connectivity index (χ0n) is 9.20. The van der Waals surface area contributed by atoms with Crippen LogP contribution in [0.1, 0.15) is 19.2 Å². The highest BCUT2D eigenvalue weighted by Crippen LogP contribution is 2.20. The highest BCUT2D eigenvalue weighted by Gasteiger charge is 2.11. The number of nitrogens with zero attached hydrogens (tertiary/aromatic N) is 2. The fourth-order valence-corrected chi connectivity index (χ4v) is 2.21. The Labute approximate surface area is 112 Å². The third-order valence-corrected chi connectivity index (χ3v) is 3.13. The van der Waals surface area contributed by atoms with E-state index in [4.69, 9.17) is 12.2 Å². The van der Waals surface area contributed by atoms with Crippen LogP contribution in [-0.4, -0.2) is 14.8 Å². The van der Waals surface area contributed by atoms with Gasteiger partial charge >= 0.3 is 0 Å². The molecular formula is C11H11BrFN3S. The van der Waals surface area contributed by atoms with Gasteiger partial charge in [0.25, 0.3) is 0 Å². The standard InChI is InChI=1S/C11H11BrFN3S/c1-2-3-10-14-15-11(17)16(10)9-5-4-7(12)6-8(9)13/h4-6H,2-3H2,1H3,(H,15,17). The molecule has 0 bridgehead atoms. The van der Waals surface area contributed by atoms with Gasteiger partial charge in [0.15, 0.2) is 4.77 Å². The summed E-state index contributed by atoms with van der Waals surface area (Å²) in [7, 11) is 0. The van der Waals surface area contributed by atoms with E-state index in [1.165, 1.54) is 6.07 Å². The zero-order valence-corrected chi connectivity index (χ0v) is 11.6. The number of H-pyrrole nitrogens is 1. The quantitative estimate of drug-likeness (QED) is 0.874. The molecule has 90 valence electrons. The fraction of sp³-hybridized carbons (Fsp3) is 0.273. The highest BCUT2D eigenvalue weighted by molar-refractivity contribution is 9.10. The molecule has 0 fully saturated rings. The topological polar surface area (TPSA) is 33.6 Å². The Hall–Kier alpha value is -1.01. The molecule has 1 heterocycles. The lowest BCUT2D eigenvalue weighted by atomic mass is 10.2. The number of benzene rings is 1. The molecule has 0 saturated heterocycles. The summed E-state index contributed by atoms with van der Waals surface area (Å²) < 4.78 is 16.6. The maximum Gasteiger partial charge on any atom is 0.199 e. The van der Waals surface area contributed by atoms with Crippen LogP contribution in [0, 0.1) is 10.6 Å². The molecule has 0 saturated carbocycles. The van der Waals surface area contributed by atoms with Crippen molar-refractivity contribution in [2.75, 3.05) is 0 Å². The number of nitrogens with one attached hydrogen (secondary N) is 1. The molecule has 0 atom stereocenters. The van der Waals surface area contributed by atoms with Crippen LogP contribution in [0.15, 0.2) is 22.7 Å². The first kappa shape index (κ1) is 12.4. The lowest BCUT2D eigenvalue weighted by Crippen LogP contribution is -2.03. The van der Waals surface area contributed by atoms with Gasteiger partial charge in [0.2, 0.25) is 0 Å². The second-order valence-corrected chi connectivity index (χ2v) is 4.93. The molecule has 17 heavy (non-hydrogen) atoms. The van der Waals surface area contributed by atoms with Gasteiger partial charge < -0.3 is 0 Å². The molecule has 3 nitrogen and oxygen atoms in total. The van der Waals surface area contributed by atoms with Crippen LogP contribution in [0.4, 0.5) is 4.39 Å². The van der Waals surface area contributed by atoms with Crippen molar-refractivity contribution in [2.45, 2.75) is 19.8 Å². The second-order valence-electron chi connectivity index (χ2n) is 3.63. The van der Waals surface area contributed by atoms with Gasteiger partial charge in [0.05, 0.1) is 5.69 Å². The third kappa shape index (κ3) is 2.47. The van der Waals surface area contributed by atoms with Gasteiger partial charge in [-0.3, -0.25) is 9.67 Å². The molecule has 1 aromatic heterocycles. The molecule has 0 radical (unpaired) electrons. The number of hydrogen-bond acceptors (Lipinski definition) is 2. The van der Waals surface area contributed by atoms with Crippen molar-refractivity contribution in [3.63, 3.8) is 0 Å². The minimum absolute atomic E-state index is 0.325. The van der Waals surface area contributed by atoms with Gasteiger partial charge in [-0.2, -0.15) is 5.10 Å². The summed E-state index contributed by atoms with van der Waals surface area (Å²) in [4.78, 5) is 0. The Balaban J connectivity index is 2.59. The Morgan fingerprint density at radius 3 is 2.94 bits per heavy atom. The number of halogens is 2. The number of aromatic nitrogens is 3. The SMILES string of the molecule is CCCc1n[nH]c(=S)n1-c1ccc(Br)cc1F. The zero-order chi connectivity index (χ0) is 12.4. The average Bonchev–Trinajstić information content (AvgIpc) is 2.62. The summed E-state index contributed by atoms with van der Waals surface area (Å²) in [6.07, 6.45) is 1.68. The molecule has 0 spiro atoms. The highest BCUT2D eigenvalue weighted by atomic mass is 79.9. The molecule has 0 amide bonds. The number of aromatic amines is 1. The first-order valence-electron chi connectivity index (χ1n) is 5.25. The van der Waals surface area contributed by atoms with E-state index >= 15 is 0 Å². The smallest absolute Gasteiger partial charge is 0.199 e. The summed E-state index contributed by atoms with van der Waals surface area (Å²) in [5.74, 6) is 0.424. The molecular weight excluding hydrogens is 305 g/mol. The molecule has 0 aliphatic carbocycles. The van der Waals surface area contributed by atoms with E-state index in [1.807, 2.05) is 6.92 Å². The largest absolute Gasteiger partial charge is 0.269 e. The number of aryl methyl sites for hydroxylation is 1. The van der Waals surface area contributed by atoms with Gasteiger partial charge in [0.1, 0.15) is 11.6 Å². The van der Waals surface area contributed by atoms with Crippen LogP contribution in [0.3, 0.4) is 0 Å². The average molecular weight is 316 g/mol. The van der Waals surface area contributed by atoms with E-state index < -0.39 is 0 Å². The molecule has 2 rings (SSSR count). The van der Waals surface area contributed by atoms with Crippen molar-refractivity contribution in [2.24, 2.45) is 0 Å². The number of hydrogen-bond donors (Lipinski definition) is 1. The van der Waals surface area contributed by atoms with Gasteiger partial charge in [-0.1, -0.05) is 22.9 Å². The van der Waals surface area contributed by atoms with E-state index in [0.717, 1.165) is 18.7 Å². The summed E-state index contributed by atoms with van der Waals surface area (Å²) in [5.41, 5.74) is 0.426. The van der Waals surface area contributed by atoms with Crippen LogP contribution in [0.25, 0.3) is 5.69 Å². The van der Waals surface area contributed by atoms with E-state index in [0.29, 0.717) is 14.9 Å². The molecule has 0 unspecified atom stereocenters. The van der Waals surface area contributed by atoms with Crippen molar-refractivity contribution in [1.29, 1.82) is 0 Å². The summed E-state index contributed by atoms with van der Waals surface area (Å²) in [6.45, 7) is 2.04. The van der Waals surface area contributed by atoms with Gasteiger partial charge in [-0.15, -0.1) is 0 Å². The van der Waals surface area contributed by atoms with Crippen molar-refractivity contribution >= 4 is 28.1 Å². The van der Waals surface area contributed by atoms with Gasteiger partial charge in [-0.25, -0.2) is 4.39 Å². The summed E-state index contributed by atoms with van der Waals surface area (Å²) in [6, 6.07) is 4.88. The van der Waals surface area contributed by atoms with Crippen molar-refractivity contribution in [3.8, 4) is 5.69 Å². The maximum absolute atomic E-state index is 13.9. The summed E-state index contributed by atoms with van der Waals surface area (Å²) in [5, 5.41) is 6.81. The van der Waals surface area contributed by atoms with Crippen LogP contribution < -0.4 is 0 Å². The summed E-state index contributed by atoms with van der Waals surface area (Å²) >= 11 is 8.36. The van der Waals surface area contributed by atoms with Crippen LogP contribution >= 0.6 is 28.1 Å². The molecule has 0 aliphatic heterocycles. The fourth-order valence-electron chi connectivity index (χ4n) is 1.63. The van der Waals surface area contributed by atoms with E-state index in [1.54, 1.807) is 16.7 Å². The minimum atomic E-state index is -0.325. The van der Waals surface area contributed by atoms with E-state index in [9.17, 15) is 4.39 Å².